The van der Waals surface area contributed by atoms with Gasteiger partial charge in [-0.05, 0) is 52.0 Å². The van der Waals surface area contributed by atoms with Gasteiger partial charge < -0.3 is 31.3 Å². The highest BCUT2D eigenvalue weighted by atomic mass is 19.4. The number of phenolic OH excluding ortho intramolecular Hbond substituents is 1. The minimum absolute atomic E-state index is 0.0598. The molecule has 0 radical (unpaired) electrons. The Kier molecular flexibility index (Phi) is 7.24. The van der Waals surface area contributed by atoms with Gasteiger partial charge in [0.2, 0.25) is 5.78 Å². The molecule has 1 unspecified atom stereocenters. The Labute approximate surface area is 244 Å². The highest BCUT2D eigenvalue weighted by molar-refractivity contribution is 6.24. The number of hydrogen-bond acceptors (Lipinski definition) is 10. The lowest BCUT2D eigenvalue weighted by molar-refractivity contribution is -0.185. The quantitative estimate of drug-likeness (QED) is 0.270. The maximum absolute atomic E-state index is 14.1. The number of halogens is 3. The Morgan fingerprint density at radius 1 is 1.14 bits per heavy atom. The maximum atomic E-state index is 14.1. The van der Waals surface area contributed by atoms with Gasteiger partial charge in [-0.15, -0.1) is 0 Å². The number of phenols is 1. The first-order valence-electron chi connectivity index (χ1n) is 13.8. The summed E-state index contributed by atoms with van der Waals surface area (Å²) in [6.45, 7) is 1.76. The number of alkyl halides is 3. The van der Waals surface area contributed by atoms with E-state index in [-0.39, 0.29) is 50.0 Å². The number of ketones is 2. The topological polar surface area (TPSA) is 185 Å². The van der Waals surface area contributed by atoms with Crippen molar-refractivity contribution in [2.75, 3.05) is 27.2 Å². The molecule has 5 atom stereocenters. The zero-order valence-corrected chi connectivity index (χ0v) is 23.8. The maximum Gasteiger partial charge on any atom is 0.391 e. The summed E-state index contributed by atoms with van der Waals surface area (Å²) in [4.78, 5) is 42.6. The van der Waals surface area contributed by atoms with Crippen LogP contribution < -0.4 is 5.73 Å². The first-order valence-corrected chi connectivity index (χ1v) is 13.8. The van der Waals surface area contributed by atoms with E-state index in [4.69, 9.17) is 5.73 Å². The van der Waals surface area contributed by atoms with Crippen molar-refractivity contribution in [2.24, 2.45) is 23.0 Å². The standard InChI is InChI=1S/C29H34F3N3O8/c1-27-10-12-4-5-13(11-35-8-6-14(7-9-35)29(30,31)32)20(36)15(12)21(37)18(27)25(41)28(43)17(24(27)40)19(34(2)3)22(38)16(23(28)39)26(33)42/h4-5,14,17,19,24,36-37,39-40,43H,6-11H2,1-3H3,(H2,33,42)/t17?,19-,24+,27+,28+/m0/s1. The number of primary amides is 1. The average Bonchev–Trinajstić information content (AvgIpc) is 2.90. The summed E-state index contributed by atoms with van der Waals surface area (Å²) in [5, 5.41) is 57.3. The number of hydrogen-bond donors (Lipinski definition) is 6. The van der Waals surface area contributed by atoms with Crippen molar-refractivity contribution in [3.63, 3.8) is 0 Å². The second-order valence-electron chi connectivity index (χ2n) is 12.4. The van der Waals surface area contributed by atoms with Crippen molar-refractivity contribution in [3.05, 3.63) is 45.7 Å². The van der Waals surface area contributed by atoms with Crippen LogP contribution in [0, 0.1) is 17.3 Å². The van der Waals surface area contributed by atoms with Crippen LogP contribution in [0.25, 0.3) is 5.76 Å². The molecule has 4 aliphatic rings. The number of aromatic hydroxyl groups is 1. The summed E-state index contributed by atoms with van der Waals surface area (Å²) in [5.41, 5.74) is -0.390. The summed E-state index contributed by atoms with van der Waals surface area (Å²) < 4.78 is 39.3. The number of amides is 1. The minimum Gasteiger partial charge on any atom is -0.508 e. The molecule has 1 amide bonds. The molecule has 0 aromatic heterocycles. The predicted molar refractivity (Wildman–Crippen MR) is 144 cm³/mol. The van der Waals surface area contributed by atoms with Crippen LogP contribution in [0.15, 0.2) is 29.0 Å². The summed E-state index contributed by atoms with van der Waals surface area (Å²) >= 11 is 0. The zero-order valence-electron chi connectivity index (χ0n) is 23.8. The van der Waals surface area contributed by atoms with E-state index < -0.39 is 87.1 Å². The van der Waals surface area contributed by atoms with Crippen LogP contribution in [0.1, 0.15) is 36.5 Å². The van der Waals surface area contributed by atoms with E-state index in [0.29, 0.717) is 5.56 Å². The number of Topliss-reactive ketones (excluding diaryl/α,β-unsaturated/α-hetero) is 2. The molecule has 2 fully saturated rings. The van der Waals surface area contributed by atoms with Gasteiger partial charge in [-0.25, -0.2) is 0 Å². The van der Waals surface area contributed by atoms with Gasteiger partial charge in [0.25, 0.3) is 5.91 Å². The molecule has 5 rings (SSSR count). The molecule has 0 spiro atoms. The minimum atomic E-state index is -4.29. The third kappa shape index (κ3) is 4.37. The number of nitrogens with zero attached hydrogens (tertiary/aromatic N) is 2. The van der Waals surface area contributed by atoms with Crippen molar-refractivity contribution in [3.8, 4) is 5.75 Å². The number of likely N-dealkylation sites (tertiary alicyclic amines) is 1. The van der Waals surface area contributed by atoms with E-state index in [9.17, 15) is 53.1 Å². The number of nitrogens with two attached hydrogens (primary N) is 1. The van der Waals surface area contributed by atoms with E-state index in [1.54, 1.807) is 17.0 Å². The molecule has 0 bridgehead atoms. The lowest BCUT2D eigenvalue weighted by Crippen LogP contribution is -2.72. The molecule has 1 saturated heterocycles. The van der Waals surface area contributed by atoms with E-state index in [2.05, 4.69) is 0 Å². The highest BCUT2D eigenvalue weighted by Crippen LogP contribution is 2.58. The van der Waals surface area contributed by atoms with E-state index in [1.165, 1.54) is 25.9 Å². The number of benzene rings is 1. The SMILES string of the molecule is CN(C)[C@@H]1C(=O)C(C(N)=O)=C(O)[C@@]2(O)C(=O)C3=C(O)c4c(ccc(CN5CCC(C(F)(F)F)CC5)c4O)C[C@@]3(C)[C@H](O)C12. The second-order valence-corrected chi connectivity index (χ2v) is 12.4. The van der Waals surface area contributed by atoms with Gasteiger partial charge in [-0.1, -0.05) is 19.1 Å². The average molecular weight is 610 g/mol. The predicted octanol–water partition coefficient (Wildman–Crippen LogP) is 1.10. The molecule has 1 saturated carbocycles. The molecule has 1 aliphatic heterocycles. The van der Waals surface area contributed by atoms with Crippen molar-refractivity contribution in [2.45, 2.75) is 56.7 Å². The van der Waals surface area contributed by atoms with Crippen molar-refractivity contribution < 1.29 is 53.1 Å². The summed E-state index contributed by atoms with van der Waals surface area (Å²) in [6.07, 6.45) is -6.35. The van der Waals surface area contributed by atoms with Crippen LogP contribution in [0.5, 0.6) is 5.75 Å². The third-order valence-corrected chi connectivity index (χ3v) is 9.70. The third-order valence-electron chi connectivity index (χ3n) is 9.70. The number of fused-ring (bicyclic) bond motifs is 3. The Morgan fingerprint density at radius 3 is 2.28 bits per heavy atom. The molecule has 1 aromatic rings. The lowest BCUT2D eigenvalue weighted by Gasteiger charge is -2.56. The van der Waals surface area contributed by atoms with E-state index in [1.807, 2.05) is 0 Å². The lowest BCUT2D eigenvalue weighted by atomic mass is 9.50. The first-order chi connectivity index (χ1) is 19.9. The molecular formula is C29H34F3N3O8. The molecule has 1 aromatic carbocycles. The molecule has 14 heteroatoms. The molecule has 43 heavy (non-hydrogen) atoms. The van der Waals surface area contributed by atoms with E-state index >= 15 is 0 Å². The smallest absolute Gasteiger partial charge is 0.391 e. The van der Waals surface area contributed by atoms with Gasteiger partial charge in [-0.3, -0.25) is 24.2 Å². The Morgan fingerprint density at radius 2 is 1.74 bits per heavy atom. The largest absolute Gasteiger partial charge is 0.508 e. The molecule has 234 valence electrons. The molecule has 7 N–H and O–H groups in total. The van der Waals surface area contributed by atoms with Gasteiger partial charge in [0, 0.05) is 17.5 Å². The fraction of sp³-hybridized carbons (Fsp3) is 0.552. The van der Waals surface area contributed by atoms with Gasteiger partial charge in [0.1, 0.15) is 22.8 Å². The Bertz CT molecular complexity index is 1480. The number of aliphatic hydroxyl groups excluding tert-OH is 3. The van der Waals surface area contributed by atoms with Crippen LogP contribution in [-0.4, -0.2) is 104 Å². The van der Waals surface area contributed by atoms with Crippen molar-refractivity contribution in [1.29, 1.82) is 0 Å². The van der Waals surface area contributed by atoms with Crippen molar-refractivity contribution in [1.82, 2.24) is 9.80 Å². The molecule has 11 nitrogen and oxygen atoms in total. The van der Waals surface area contributed by atoms with Crippen LogP contribution in [0.4, 0.5) is 13.2 Å². The Hall–Kier alpha value is -3.46. The van der Waals surface area contributed by atoms with Crippen LogP contribution >= 0.6 is 0 Å². The van der Waals surface area contributed by atoms with E-state index in [0.717, 1.165) is 0 Å². The van der Waals surface area contributed by atoms with Crippen LogP contribution in [0.2, 0.25) is 0 Å². The fourth-order valence-corrected chi connectivity index (χ4v) is 7.42. The summed E-state index contributed by atoms with van der Waals surface area (Å²) in [6, 6.07) is 1.67. The highest BCUT2D eigenvalue weighted by Gasteiger charge is 2.70. The molecule has 1 heterocycles. The second kappa shape index (κ2) is 10.0. The van der Waals surface area contributed by atoms with Gasteiger partial charge >= 0.3 is 6.18 Å². The van der Waals surface area contributed by atoms with Gasteiger partial charge in [-0.2, -0.15) is 13.2 Å². The number of carbonyl (C=O) groups excluding carboxylic acids is 3. The van der Waals surface area contributed by atoms with Crippen LogP contribution in [0.3, 0.4) is 0 Å². The normalized spacial score (nSPS) is 32.2. The summed E-state index contributed by atoms with van der Waals surface area (Å²) in [7, 11) is 2.85. The fourth-order valence-electron chi connectivity index (χ4n) is 7.42. The molecule has 3 aliphatic carbocycles. The number of aliphatic hydroxyl groups is 4. The number of piperidine rings is 1. The zero-order chi connectivity index (χ0) is 32.0. The van der Waals surface area contributed by atoms with Gasteiger partial charge in [0.15, 0.2) is 11.4 Å². The summed E-state index contributed by atoms with van der Waals surface area (Å²) in [5.74, 6) is -9.27. The number of carbonyl (C=O) groups is 3. The monoisotopic (exact) mass is 609 g/mol. The number of rotatable bonds is 4. The Balaban J connectivity index is 1.60. The number of likely N-dealkylation sites (N-methyl/N-ethyl adjacent to an activating group) is 1. The van der Waals surface area contributed by atoms with Crippen LogP contribution in [-0.2, 0) is 27.3 Å². The first kappa shape index (κ1) is 31.0. The molecular weight excluding hydrogens is 575 g/mol. The van der Waals surface area contributed by atoms with Gasteiger partial charge in [0.05, 0.1) is 35.1 Å². The van der Waals surface area contributed by atoms with Crippen molar-refractivity contribution >= 4 is 23.2 Å².